The summed E-state index contributed by atoms with van der Waals surface area (Å²) in [6.07, 6.45) is 0.486. The lowest BCUT2D eigenvalue weighted by Gasteiger charge is -2.26. The van der Waals surface area contributed by atoms with Crippen LogP contribution in [0.3, 0.4) is 0 Å². The van der Waals surface area contributed by atoms with Gasteiger partial charge in [0, 0.05) is 25.2 Å². The highest BCUT2D eigenvalue weighted by molar-refractivity contribution is 5.95. The number of carbonyl (C=O) groups is 4. The smallest absolute Gasteiger partial charge is 0.243 e. The molecule has 0 unspecified atom stereocenters. The molecule has 0 aliphatic rings. The summed E-state index contributed by atoms with van der Waals surface area (Å²) in [5, 5.41) is 37.3. The monoisotopic (exact) mass is 589 g/mol. The molecule has 10 nitrogen and oxygen atoms in total. The fraction of sp³-hybridized carbons (Fsp3) is 0.333. The Morgan fingerprint density at radius 2 is 0.884 bits per heavy atom. The van der Waals surface area contributed by atoms with E-state index in [1.54, 1.807) is 57.2 Å². The number of carbonyl (C=O) groups excluding carboxylic acids is 4. The number of nitrogens with one attached hydrogen (secondary N) is 3. The number of phenolic OH excluding ortho intramolecular Hbond substituents is 3. The van der Waals surface area contributed by atoms with E-state index in [1.807, 2.05) is 0 Å². The third-order valence-electron chi connectivity index (χ3n) is 6.96. The molecule has 0 bridgehead atoms. The van der Waals surface area contributed by atoms with E-state index in [4.69, 9.17) is 0 Å². The molecule has 0 fully saturated rings. The number of benzene rings is 3. The van der Waals surface area contributed by atoms with Gasteiger partial charge in [-0.05, 0) is 59.5 Å². The molecule has 0 heterocycles. The summed E-state index contributed by atoms with van der Waals surface area (Å²) in [5.74, 6) is -1.94. The van der Waals surface area contributed by atoms with E-state index >= 15 is 0 Å². The van der Waals surface area contributed by atoms with Crippen molar-refractivity contribution >= 4 is 23.5 Å². The summed E-state index contributed by atoms with van der Waals surface area (Å²) < 4.78 is 0. The van der Waals surface area contributed by atoms with Crippen molar-refractivity contribution in [2.45, 2.75) is 64.6 Å². The Labute approximate surface area is 251 Å². The quantitative estimate of drug-likeness (QED) is 0.168. The summed E-state index contributed by atoms with van der Waals surface area (Å²) in [4.78, 5) is 52.8. The molecular formula is C33H39N3O7. The van der Waals surface area contributed by atoms with Crippen molar-refractivity contribution in [3.05, 3.63) is 89.5 Å². The molecular weight excluding hydrogens is 550 g/mol. The molecule has 0 aliphatic carbocycles. The third kappa shape index (κ3) is 10.2. The van der Waals surface area contributed by atoms with Gasteiger partial charge in [-0.25, -0.2) is 0 Å². The van der Waals surface area contributed by atoms with Gasteiger partial charge in [-0.3, -0.25) is 19.2 Å². The molecule has 3 rings (SSSR count). The van der Waals surface area contributed by atoms with Gasteiger partial charge in [-0.2, -0.15) is 0 Å². The lowest BCUT2D eigenvalue weighted by atomic mass is 9.95. The highest BCUT2D eigenvalue weighted by atomic mass is 16.3. The summed E-state index contributed by atoms with van der Waals surface area (Å²) in [6, 6.07) is 15.7. The number of hydrogen-bond donors (Lipinski definition) is 6. The predicted octanol–water partition coefficient (Wildman–Crippen LogP) is 2.92. The van der Waals surface area contributed by atoms with Gasteiger partial charge in [0.2, 0.25) is 17.7 Å². The van der Waals surface area contributed by atoms with E-state index in [9.17, 15) is 34.5 Å². The Bertz CT molecular complexity index is 1390. The second-order valence-electron chi connectivity index (χ2n) is 10.8. The van der Waals surface area contributed by atoms with Crippen LogP contribution < -0.4 is 16.0 Å². The standard InChI is InChI=1S/C33H39N3O7/c1-4-30(40)34-28(18-22-7-13-25(38)14-8-22)32(42)36-29(19-23-9-15-26(39)16-10-23)33(43)35-27(31(41)20(2)3)17-21-5-11-24(37)12-6-21/h5-16,20,27-29,37-39H,4,17-19H2,1-3H3,(H,34,40)(H,35,43)(H,36,42)/t27-,28-,29-/m0/s1. The number of phenols is 3. The lowest BCUT2D eigenvalue weighted by molar-refractivity contribution is -0.133. The van der Waals surface area contributed by atoms with E-state index in [0.717, 1.165) is 5.56 Å². The normalized spacial score (nSPS) is 13.0. The Hall–Kier alpha value is -4.86. The van der Waals surface area contributed by atoms with Crippen molar-refractivity contribution in [1.29, 1.82) is 0 Å². The van der Waals surface area contributed by atoms with Crippen molar-refractivity contribution < 1.29 is 34.5 Å². The second kappa shape index (κ2) is 15.4. The Balaban J connectivity index is 1.88. The van der Waals surface area contributed by atoms with Gasteiger partial charge in [0.15, 0.2) is 5.78 Å². The Morgan fingerprint density at radius 3 is 1.23 bits per heavy atom. The predicted molar refractivity (Wildman–Crippen MR) is 161 cm³/mol. The Kier molecular flexibility index (Phi) is 11.7. The molecule has 0 aliphatic heterocycles. The van der Waals surface area contributed by atoms with E-state index in [0.29, 0.717) is 11.1 Å². The highest BCUT2D eigenvalue weighted by Crippen LogP contribution is 2.16. The molecule has 0 saturated heterocycles. The van der Waals surface area contributed by atoms with Gasteiger partial charge in [0.05, 0.1) is 6.04 Å². The second-order valence-corrected chi connectivity index (χ2v) is 10.8. The molecule has 3 aromatic carbocycles. The zero-order valence-electron chi connectivity index (χ0n) is 24.5. The molecule has 0 spiro atoms. The van der Waals surface area contributed by atoms with E-state index in [2.05, 4.69) is 16.0 Å². The first-order valence-corrected chi connectivity index (χ1v) is 14.2. The SMILES string of the molecule is CCC(=O)N[C@@H](Cc1ccc(O)cc1)C(=O)N[C@@H](Cc1ccc(O)cc1)C(=O)N[C@@H](Cc1ccc(O)cc1)C(=O)C(C)C. The molecule has 0 radical (unpaired) electrons. The fourth-order valence-corrected chi connectivity index (χ4v) is 4.49. The van der Waals surface area contributed by atoms with Gasteiger partial charge in [0.1, 0.15) is 29.3 Å². The zero-order chi connectivity index (χ0) is 31.5. The van der Waals surface area contributed by atoms with Crippen LogP contribution in [0, 0.1) is 5.92 Å². The average molecular weight is 590 g/mol. The van der Waals surface area contributed by atoms with Crippen molar-refractivity contribution in [2.75, 3.05) is 0 Å². The molecule has 3 amide bonds. The van der Waals surface area contributed by atoms with E-state index in [-0.39, 0.29) is 60.5 Å². The highest BCUT2D eigenvalue weighted by Gasteiger charge is 2.31. The van der Waals surface area contributed by atoms with Crippen LogP contribution in [0.4, 0.5) is 0 Å². The van der Waals surface area contributed by atoms with Gasteiger partial charge < -0.3 is 31.3 Å². The molecule has 6 N–H and O–H groups in total. The van der Waals surface area contributed by atoms with Crippen LogP contribution in [0.2, 0.25) is 0 Å². The van der Waals surface area contributed by atoms with Crippen molar-refractivity contribution in [1.82, 2.24) is 16.0 Å². The summed E-state index contributed by atoms with van der Waals surface area (Å²) in [7, 11) is 0. The number of ketones is 1. The maximum absolute atomic E-state index is 13.7. The molecule has 43 heavy (non-hydrogen) atoms. The summed E-state index contributed by atoms with van der Waals surface area (Å²) >= 11 is 0. The average Bonchev–Trinajstić information content (AvgIpc) is 2.98. The fourth-order valence-electron chi connectivity index (χ4n) is 4.49. The number of aromatic hydroxyl groups is 3. The first kappa shape index (κ1) is 32.7. The minimum atomic E-state index is -1.12. The van der Waals surface area contributed by atoms with Crippen LogP contribution in [-0.2, 0) is 38.4 Å². The maximum atomic E-state index is 13.7. The number of amides is 3. The molecule has 0 saturated carbocycles. The van der Waals surface area contributed by atoms with Crippen molar-refractivity contribution in [3.8, 4) is 17.2 Å². The lowest BCUT2D eigenvalue weighted by Crippen LogP contribution is -2.57. The first-order chi connectivity index (χ1) is 20.4. The zero-order valence-corrected chi connectivity index (χ0v) is 24.5. The van der Waals surface area contributed by atoms with Crippen molar-refractivity contribution in [3.63, 3.8) is 0 Å². The number of hydrogen-bond acceptors (Lipinski definition) is 7. The van der Waals surface area contributed by atoms with E-state index in [1.165, 1.54) is 36.4 Å². The van der Waals surface area contributed by atoms with Gasteiger partial charge >= 0.3 is 0 Å². The van der Waals surface area contributed by atoms with Crippen LogP contribution in [0.5, 0.6) is 17.2 Å². The van der Waals surface area contributed by atoms with Crippen LogP contribution in [0.15, 0.2) is 72.8 Å². The van der Waals surface area contributed by atoms with E-state index < -0.39 is 29.9 Å². The van der Waals surface area contributed by atoms with Gasteiger partial charge in [-0.1, -0.05) is 57.2 Å². The van der Waals surface area contributed by atoms with Crippen LogP contribution in [0.25, 0.3) is 0 Å². The summed E-state index contributed by atoms with van der Waals surface area (Å²) in [6.45, 7) is 5.13. The number of rotatable bonds is 14. The van der Waals surface area contributed by atoms with Crippen LogP contribution >= 0.6 is 0 Å². The van der Waals surface area contributed by atoms with Crippen molar-refractivity contribution in [2.24, 2.45) is 5.92 Å². The first-order valence-electron chi connectivity index (χ1n) is 14.2. The largest absolute Gasteiger partial charge is 0.508 e. The molecule has 228 valence electrons. The molecule has 0 aromatic heterocycles. The van der Waals surface area contributed by atoms with Gasteiger partial charge in [-0.15, -0.1) is 0 Å². The molecule has 3 aromatic rings. The Morgan fingerprint density at radius 1 is 0.558 bits per heavy atom. The summed E-state index contributed by atoms with van der Waals surface area (Å²) in [5.41, 5.74) is 2.06. The minimum absolute atomic E-state index is 0.0431. The molecule has 10 heteroatoms. The third-order valence-corrected chi connectivity index (χ3v) is 6.96. The topological polar surface area (TPSA) is 165 Å². The minimum Gasteiger partial charge on any atom is -0.508 e. The van der Waals surface area contributed by atoms with Gasteiger partial charge in [0.25, 0.3) is 0 Å². The maximum Gasteiger partial charge on any atom is 0.243 e. The van der Waals surface area contributed by atoms with Crippen LogP contribution in [-0.4, -0.2) is 56.9 Å². The number of Topliss-reactive ketones (excluding diaryl/α,β-unsaturated/α-hetero) is 1. The van der Waals surface area contributed by atoms with Crippen LogP contribution in [0.1, 0.15) is 43.9 Å². The molecule has 3 atom stereocenters.